The lowest BCUT2D eigenvalue weighted by Gasteiger charge is -2.09. The minimum atomic E-state index is -0.176. The van der Waals surface area contributed by atoms with E-state index in [9.17, 15) is 9.59 Å². The number of nitrogens with zero attached hydrogens (tertiary/aromatic N) is 4. The summed E-state index contributed by atoms with van der Waals surface area (Å²) in [6, 6.07) is 17.2. The van der Waals surface area contributed by atoms with E-state index in [1.54, 1.807) is 29.2 Å². The summed E-state index contributed by atoms with van der Waals surface area (Å²) in [6.07, 6.45) is 3.94. The summed E-state index contributed by atoms with van der Waals surface area (Å²) in [5.74, 6) is 1.09. The van der Waals surface area contributed by atoms with Crippen molar-refractivity contribution in [3.05, 3.63) is 84.0 Å². The third-order valence-corrected chi connectivity index (χ3v) is 5.43. The molecule has 4 aromatic rings. The highest BCUT2D eigenvalue weighted by atomic mass is 16.5. The highest BCUT2D eigenvalue weighted by Gasteiger charge is 2.12. The van der Waals surface area contributed by atoms with E-state index in [0.717, 1.165) is 11.1 Å². The van der Waals surface area contributed by atoms with Gasteiger partial charge in [-0.2, -0.15) is 10.1 Å². The summed E-state index contributed by atoms with van der Waals surface area (Å²) in [5, 5.41) is 13.8. The number of carbonyl (C=O) groups is 2. The van der Waals surface area contributed by atoms with Crippen molar-refractivity contribution in [3.8, 4) is 11.4 Å². The Labute approximate surface area is 203 Å². The first-order valence-electron chi connectivity index (χ1n) is 11.5. The molecule has 9 heteroatoms. The standard InChI is InChI=1S/C26H28N6O3/c1-18(2)20-7-9-21(10-8-20)26-30-25(35-31-26)12-11-23(33)27-16-19-5-3-6-22(15-19)29-24(34)17-32-14-4-13-28-32/h3-10,13-15,18H,11-12,16-17H2,1-2H3,(H,27,33)(H,29,34). The van der Waals surface area contributed by atoms with Crippen LogP contribution >= 0.6 is 0 Å². The van der Waals surface area contributed by atoms with Gasteiger partial charge < -0.3 is 15.2 Å². The number of anilines is 1. The SMILES string of the molecule is CC(C)c1ccc(-c2noc(CCC(=O)NCc3cccc(NC(=O)Cn4cccn4)c3)n2)cc1. The van der Waals surface area contributed by atoms with Crippen LogP contribution in [0.2, 0.25) is 0 Å². The Morgan fingerprint density at radius 1 is 1.06 bits per heavy atom. The molecule has 4 rings (SSSR count). The Bertz CT molecular complexity index is 1260. The number of carbonyl (C=O) groups excluding carboxylic acids is 2. The molecular weight excluding hydrogens is 444 g/mol. The van der Waals surface area contributed by atoms with Gasteiger partial charge in [0.1, 0.15) is 6.54 Å². The summed E-state index contributed by atoms with van der Waals surface area (Å²) < 4.78 is 6.86. The van der Waals surface area contributed by atoms with Crippen molar-refractivity contribution in [2.24, 2.45) is 0 Å². The molecule has 2 heterocycles. The van der Waals surface area contributed by atoms with Gasteiger partial charge in [0.05, 0.1) is 0 Å². The number of hydrogen-bond donors (Lipinski definition) is 2. The van der Waals surface area contributed by atoms with Gasteiger partial charge in [0, 0.05) is 43.0 Å². The van der Waals surface area contributed by atoms with Gasteiger partial charge in [0.15, 0.2) is 0 Å². The van der Waals surface area contributed by atoms with Crippen molar-refractivity contribution in [1.82, 2.24) is 25.2 Å². The first kappa shape index (κ1) is 23.9. The van der Waals surface area contributed by atoms with E-state index in [1.165, 1.54) is 5.56 Å². The van der Waals surface area contributed by atoms with Crippen molar-refractivity contribution >= 4 is 17.5 Å². The van der Waals surface area contributed by atoms with Crippen molar-refractivity contribution in [1.29, 1.82) is 0 Å². The maximum atomic E-state index is 12.3. The Morgan fingerprint density at radius 2 is 1.89 bits per heavy atom. The topological polar surface area (TPSA) is 115 Å². The minimum absolute atomic E-state index is 0.126. The summed E-state index contributed by atoms with van der Waals surface area (Å²) in [4.78, 5) is 28.9. The molecule has 0 saturated carbocycles. The monoisotopic (exact) mass is 472 g/mol. The molecule has 0 aliphatic carbocycles. The number of nitrogens with one attached hydrogen (secondary N) is 2. The third kappa shape index (κ3) is 6.86. The lowest BCUT2D eigenvalue weighted by atomic mass is 10.0. The van der Waals surface area contributed by atoms with E-state index in [0.29, 0.717) is 36.3 Å². The number of rotatable bonds is 10. The molecular formula is C26H28N6O3. The van der Waals surface area contributed by atoms with Gasteiger partial charge in [-0.05, 0) is 35.2 Å². The highest BCUT2D eigenvalue weighted by Crippen LogP contribution is 2.20. The van der Waals surface area contributed by atoms with E-state index in [2.05, 4.69) is 51.9 Å². The second-order valence-corrected chi connectivity index (χ2v) is 8.52. The molecule has 0 spiro atoms. The van der Waals surface area contributed by atoms with Gasteiger partial charge in [-0.25, -0.2) is 0 Å². The normalized spacial score (nSPS) is 10.9. The Kier molecular flexibility index (Phi) is 7.67. The van der Waals surface area contributed by atoms with Gasteiger partial charge >= 0.3 is 0 Å². The second kappa shape index (κ2) is 11.2. The van der Waals surface area contributed by atoms with Crippen molar-refractivity contribution in [2.75, 3.05) is 5.32 Å². The molecule has 0 fully saturated rings. The molecule has 0 unspecified atom stereocenters. The van der Waals surface area contributed by atoms with Gasteiger partial charge in [-0.1, -0.05) is 55.4 Å². The molecule has 0 saturated heterocycles. The minimum Gasteiger partial charge on any atom is -0.352 e. The van der Waals surface area contributed by atoms with Crippen LogP contribution in [0, 0.1) is 0 Å². The Hall–Kier alpha value is -4.27. The van der Waals surface area contributed by atoms with E-state index < -0.39 is 0 Å². The van der Waals surface area contributed by atoms with E-state index >= 15 is 0 Å². The smallest absolute Gasteiger partial charge is 0.246 e. The van der Waals surface area contributed by atoms with Crippen LogP contribution in [0.25, 0.3) is 11.4 Å². The van der Waals surface area contributed by atoms with Crippen molar-refractivity contribution < 1.29 is 14.1 Å². The zero-order valence-corrected chi connectivity index (χ0v) is 19.8. The van der Waals surface area contributed by atoms with Gasteiger partial charge in [0.2, 0.25) is 23.5 Å². The zero-order valence-electron chi connectivity index (χ0n) is 19.8. The van der Waals surface area contributed by atoms with Gasteiger partial charge in [0.25, 0.3) is 0 Å². The number of amides is 2. The number of aromatic nitrogens is 4. The van der Waals surface area contributed by atoms with Crippen LogP contribution in [-0.4, -0.2) is 31.7 Å². The van der Waals surface area contributed by atoms with Crippen LogP contribution in [0.1, 0.15) is 43.2 Å². The lowest BCUT2D eigenvalue weighted by molar-refractivity contribution is -0.121. The molecule has 2 amide bonds. The zero-order chi connectivity index (χ0) is 24.6. The maximum absolute atomic E-state index is 12.3. The van der Waals surface area contributed by atoms with Gasteiger partial charge in [-0.15, -0.1) is 0 Å². The quantitative estimate of drug-likeness (QED) is 0.361. The van der Waals surface area contributed by atoms with Crippen molar-refractivity contribution in [3.63, 3.8) is 0 Å². The molecule has 0 radical (unpaired) electrons. The predicted octanol–water partition coefficient (Wildman–Crippen LogP) is 3.94. The molecule has 2 aromatic carbocycles. The molecule has 9 nitrogen and oxygen atoms in total. The molecule has 2 N–H and O–H groups in total. The average molecular weight is 473 g/mol. The van der Waals surface area contributed by atoms with Crippen molar-refractivity contribution in [2.45, 2.75) is 45.7 Å². The van der Waals surface area contributed by atoms with E-state index in [4.69, 9.17) is 4.52 Å². The van der Waals surface area contributed by atoms with Gasteiger partial charge in [-0.3, -0.25) is 14.3 Å². The first-order valence-corrected chi connectivity index (χ1v) is 11.5. The van der Waals surface area contributed by atoms with Crippen LogP contribution in [0.3, 0.4) is 0 Å². The Balaban J connectivity index is 1.23. The molecule has 2 aromatic heterocycles. The number of benzene rings is 2. The summed E-state index contributed by atoms with van der Waals surface area (Å²) in [5.41, 5.74) is 3.66. The number of aryl methyl sites for hydroxylation is 1. The summed E-state index contributed by atoms with van der Waals surface area (Å²) in [7, 11) is 0. The van der Waals surface area contributed by atoms with Crippen LogP contribution in [0.4, 0.5) is 5.69 Å². The Morgan fingerprint density at radius 3 is 2.63 bits per heavy atom. The predicted molar refractivity (Wildman–Crippen MR) is 131 cm³/mol. The largest absolute Gasteiger partial charge is 0.352 e. The first-order chi connectivity index (χ1) is 17.0. The lowest BCUT2D eigenvalue weighted by Crippen LogP contribution is -2.23. The van der Waals surface area contributed by atoms with E-state index in [1.807, 2.05) is 30.3 Å². The summed E-state index contributed by atoms with van der Waals surface area (Å²) >= 11 is 0. The van der Waals surface area contributed by atoms with Crippen LogP contribution < -0.4 is 10.6 Å². The third-order valence-electron chi connectivity index (χ3n) is 5.43. The average Bonchev–Trinajstić information content (AvgIpc) is 3.54. The fourth-order valence-electron chi connectivity index (χ4n) is 3.50. The fourth-order valence-corrected chi connectivity index (χ4v) is 3.50. The van der Waals surface area contributed by atoms with Crippen LogP contribution in [0.5, 0.6) is 0 Å². The summed E-state index contributed by atoms with van der Waals surface area (Å²) in [6.45, 7) is 4.77. The molecule has 35 heavy (non-hydrogen) atoms. The molecule has 0 atom stereocenters. The molecule has 0 aliphatic rings. The highest BCUT2D eigenvalue weighted by molar-refractivity contribution is 5.90. The molecule has 0 aliphatic heterocycles. The fraction of sp³-hybridized carbons (Fsp3) is 0.269. The second-order valence-electron chi connectivity index (χ2n) is 8.52. The number of hydrogen-bond acceptors (Lipinski definition) is 6. The van der Waals surface area contributed by atoms with E-state index in [-0.39, 0.29) is 24.8 Å². The maximum Gasteiger partial charge on any atom is 0.246 e. The molecule has 180 valence electrons. The van der Waals surface area contributed by atoms with Crippen LogP contribution in [0.15, 0.2) is 71.5 Å². The molecule has 0 bridgehead atoms. The van der Waals surface area contributed by atoms with Crippen LogP contribution in [-0.2, 0) is 29.1 Å².